The minimum Gasteiger partial charge on any atom is -0.324 e. The van der Waals surface area contributed by atoms with E-state index in [9.17, 15) is 9.18 Å². The lowest BCUT2D eigenvalue weighted by Gasteiger charge is -2.09. The van der Waals surface area contributed by atoms with E-state index in [0.717, 1.165) is 24.0 Å². The van der Waals surface area contributed by atoms with Crippen LogP contribution in [0.15, 0.2) is 61.4 Å². The highest BCUT2D eigenvalue weighted by Gasteiger charge is 2.24. The van der Waals surface area contributed by atoms with Gasteiger partial charge in [0.1, 0.15) is 11.6 Å². The van der Waals surface area contributed by atoms with E-state index >= 15 is 0 Å². The lowest BCUT2D eigenvalue weighted by atomic mass is 10.0. The van der Waals surface area contributed by atoms with Crippen LogP contribution in [-0.2, 0) is 24.7 Å². The highest BCUT2D eigenvalue weighted by molar-refractivity contribution is 5.92. The third-order valence-corrected chi connectivity index (χ3v) is 5.66. The molecule has 5 rings (SSSR count). The number of rotatable bonds is 7. The summed E-state index contributed by atoms with van der Waals surface area (Å²) in [6.07, 6.45) is 13.4. The summed E-state index contributed by atoms with van der Waals surface area (Å²) >= 11 is 0. The van der Waals surface area contributed by atoms with E-state index < -0.39 is 5.82 Å². The molecular weight excluding hydrogens is 419 g/mol. The van der Waals surface area contributed by atoms with Crippen LogP contribution >= 0.6 is 0 Å². The lowest BCUT2D eigenvalue weighted by molar-refractivity contribution is -0.115. The summed E-state index contributed by atoms with van der Waals surface area (Å²) in [5.41, 5.74) is 4.50. The number of aryl methyl sites for hydroxylation is 1. The zero-order valence-electron chi connectivity index (χ0n) is 18.2. The van der Waals surface area contributed by atoms with Gasteiger partial charge in [0, 0.05) is 43.8 Å². The Kier molecular flexibility index (Phi) is 5.64. The Morgan fingerprint density at radius 2 is 1.91 bits per heavy atom. The fraction of sp³-hybridized carbons (Fsp3) is 0.240. The number of aromatic nitrogens is 5. The van der Waals surface area contributed by atoms with Gasteiger partial charge in [-0.2, -0.15) is 5.10 Å². The van der Waals surface area contributed by atoms with Crippen LogP contribution in [0.2, 0.25) is 0 Å². The van der Waals surface area contributed by atoms with Gasteiger partial charge in [0.25, 0.3) is 0 Å². The second-order valence-corrected chi connectivity index (χ2v) is 8.40. The molecule has 1 fully saturated rings. The molecule has 3 aromatic heterocycles. The van der Waals surface area contributed by atoms with Crippen molar-refractivity contribution < 1.29 is 9.18 Å². The smallest absolute Gasteiger partial charge is 0.228 e. The van der Waals surface area contributed by atoms with Gasteiger partial charge in [-0.05, 0) is 53.1 Å². The van der Waals surface area contributed by atoms with Crippen molar-refractivity contribution in [2.45, 2.75) is 31.6 Å². The van der Waals surface area contributed by atoms with E-state index in [0.29, 0.717) is 40.5 Å². The Morgan fingerprint density at radius 1 is 1.09 bits per heavy atom. The van der Waals surface area contributed by atoms with E-state index in [1.165, 1.54) is 6.07 Å². The molecular formula is C25H23FN6O. The molecule has 33 heavy (non-hydrogen) atoms. The molecule has 0 aliphatic heterocycles. The molecule has 0 radical (unpaired) electrons. The molecule has 1 saturated carbocycles. The van der Waals surface area contributed by atoms with Crippen LogP contribution in [0.4, 0.5) is 10.1 Å². The van der Waals surface area contributed by atoms with Crippen molar-refractivity contribution in [1.29, 1.82) is 0 Å². The summed E-state index contributed by atoms with van der Waals surface area (Å²) in [7, 11) is 1.86. The third kappa shape index (κ3) is 5.11. The van der Waals surface area contributed by atoms with Crippen molar-refractivity contribution in [2.24, 2.45) is 7.05 Å². The number of benzene rings is 1. The van der Waals surface area contributed by atoms with E-state index in [-0.39, 0.29) is 12.3 Å². The van der Waals surface area contributed by atoms with E-state index in [4.69, 9.17) is 0 Å². The largest absolute Gasteiger partial charge is 0.324 e. The van der Waals surface area contributed by atoms with Crippen LogP contribution in [0.3, 0.4) is 0 Å². The second kappa shape index (κ2) is 8.90. The minimum absolute atomic E-state index is 0.0552. The van der Waals surface area contributed by atoms with Crippen LogP contribution in [0, 0.1) is 5.82 Å². The van der Waals surface area contributed by atoms with Gasteiger partial charge in [-0.3, -0.25) is 14.5 Å². The van der Waals surface area contributed by atoms with Crippen molar-refractivity contribution in [3.05, 3.63) is 89.8 Å². The number of carbonyl (C=O) groups excluding carboxylic acids is 1. The fourth-order valence-corrected chi connectivity index (χ4v) is 3.76. The molecule has 7 nitrogen and oxygen atoms in total. The summed E-state index contributed by atoms with van der Waals surface area (Å²) in [4.78, 5) is 25.4. The van der Waals surface area contributed by atoms with Gasteiger partial charge < -0.3 is 5.32 Å². The molecule has 0 spiro atoms. The lowest BCUT2D eigenvalue weighted by Crippen LogP contribution is -2.15. The van der Waals surface area contributed by atoms with E-state index in [1.807, 2.05) is 25.5 Å². The zero-order chi connectivity index (χ0) is 22.8. The number of hydrogen-bond acceptors (Lipinski definition) is 5. The molecule has 1 aromatic carbocycles. The number of hydrogen-bond donors (Lipinski definition) is 1. The molecule has 0 unspecified atom stereocenters. The molecule has 1 aliphatic carbocycles. The van der Waals surface area contributed by atoms with Gasteiger partial charge in [0.15, 0.2) is 0 Å². The Hall–Kier alpha value is -3.94. The molecule has 1 N–H and O–H groups in total. The molecule has 4 aromatic rings. The quantitative estimate of drug-likeness (QED) is 0.467. The number of amides is 1. The number of nitrogens with zero attached hydrogens (tertiary/aromatic N) is 5. The molecule has 8 heteroatoms. The Labute approximate surface area is 190 Å². The van der Waals surface area contributed by atoms with Crippen LogP contribution in [-0.4, -0.2) is 30.6 Å². The van der Waals surface area contributed by atoms with E-state index in [1.54, 1.807) is 41.6 Å². The monoisotopic (exact) mass is 442 g/mol. The van der Waals surface area contributed by atoms with Gasteiger partial charge in [0.2, 0.25) is 5.91 Å². The third-order valence-electron chi connectivity index (χ3n) is 5.66. The maximum Gasteiger partial charge on any atom is 0.228 e. The average molecular weight is 442 g/mol. The predicted molar refractivity (Wildman–Crippen MR) is 122 cm³/mol. The number of nitrogens with one attached hydrogen (secondary N) is 1. The van der Waals surface area contributed by atoms with Gasteiger partial charge in [-0.1, -0.05) is 12.1 Å². The first-order valence-corrected chi connectivity index (χ1v) is 10.9. The first-order chi connectivity index (χ1) is 16.0. The summed E-state index contributed by atoms with van der Waals surface area (Å²) in [5.74, 6) is 0.500. The molecule has 1 aliphatic rings. The Bertz CT molecular complexity index is 1300. The maximum atomic E-state index is 14.7. The van der Waals surface area contributed by atoms with Crippen LogP contribution in [0.5, 0.6) is 0 Å². The van der Waals surface area contributed by atoms with Crippen molar-refractivity contribution >= 4 is 11.6 Å². The topological polar surface area (TPSA) is 85.6 Å². The Morgan fingerprint density at radius 3 is 2.61 bits per heavy atom. The second-order valence-electron chi connectivity index (χ2n) is 8.40. The first kappa shape index (κ1) is 20.9. The maximum absolute atomic E-state index is 14.7. The summed E-state index contributed by atoms with van der Waals surface area (Å²) in [6.45, 7) is 0. The highest BCUT2D eigenvalue weighted by Crippen LogP contribution is 2.40. The first-order valence-electron chi connectivity index (χ1n) is 10.9. The van der Waals surface area contributed by atoms with Crippen molar-refractivity contribution in [3.8, 4) is 11.1 Å². The molecule has 166 valence electrons. The van der Waals surface area contributed by atoms with E-state index in [2.05, 4.69) is 25.4 Å². The van der Waals surface area contributed by atoms with Crippen LogP contribution in [0.1, 0.15) is 41.3 Å². The Balaban J connectivity index is 1.23. The predicted octanol–water partition coefficient (Wildman–Crippen LogP) is 4.06. The molecule has 0 bridgehead atoms. The van der Waals surface area contributed by atoms with Crippen molar-refractivity contribution in [1.82, 2.24) is 24.7 Å². The van der Waals surface area contributed by atoms with Crippen LogP contribution < -0.4 is 5.32 Å². The van der Waals surface area contributed by atoms with Gasteiger partial charge in [-0.25, -0.2) is 14.4 Å². The summed E-state index contributed by atoms with van der Waals surface area (Å²) in [5, 5.41) is 6.96. The van der Waals surface area contributed by atoms with Gasteiger partial charge >= 0.3 is 0 Å². The summed E-state index contributed by atoms with van der Waals surface area (Å²) in [6, 6.07) is 6.77. The SMILES string of the molecule is Cn1cc(Cc2ncc(-c3ccc(CC(=O)Nc4cncc(C5CC5)c4)c(F)c3)cn2)cn1. The normalized spacial score (nSPS) is 13.2. The van der Waals surface area contributed by atoms with Crippen molar-refractivity contribution in [2.75, 3.05) is 5.32 Å². The van der Waals surface area contributed by atoms with Crippen LogP contribution in [0.25, 0.3) is 11.1 Å². The zero-order valence-corrected chi connectivity index (χ0v) is 18.2. The number of anilines is 1. The molecule has 1 amide bonds. The number of carbonyl (C=O) groups is 1. The fourth-order valence-electron chi connectivity index (χ4n) is 3.76. The van der Waals surface area contributed by atoms with Gasteiger partial charge in [0.05, 0.1) is 24.5 Å². The molecule has 0 atom stereocenters. The minimum atomic E-state index is -0.438. The highest BCUT2D eigenvalue weighted by atomic mass is 19.1. The number of pyridine rings is 1. The molecule has 3 heterocycles. The summed E-state index contributed by atoms with van der Waals surface area (Å²) < 4.78 is 16.5. The molecule has 0 saturated heterocycles. The number of halogens is 1. The van der Waals surface area contributed by atoms with Crippen molar-refractivity contribution in [3.63, 3.8) is 0 Å². The average Bonchev–Trinajstić information content (AvgIpc) is 3.58. The standard InChI is InChI=1S/C25H23FN6O/c1-32-15-16(10-30-32)6-24-28-12-21(13-29-24)18-4-5-19(23(26)8-18)9-25(33)31-22-7-20(11-27-14-22)17-2-3-17/h4-5,7-8,10-15,17H,2-3,6,9H2,1H3,(H,31,33). The van der Waals surface area contributed by atoms with Gasteiger partial charge in [-0.15, -0.1) is 0 Å².